The molecule has 4 nitrogen and oxygen atoms in total. The van der Waals surface area contributed by atoms with Crippen molar-refractivity contribution in [1.29, 1.82) is 0 Å². The highest BCUT2D eigenvalue weighted by atomic mass is 15.1. The molecule has 4 heteroatoms. The minimum absolute atomic E-state index is 0.367. The van der Waals surface area contributed by atoms with E-state index >= 15 is 0 Å². The Morgan fingerprint density at radius 3 is 2.28 bits per heavy atom. The fourth-order valence-corrected chi connectivity index (χ4v) is 4.56. The lowest BCUT2D eigenvalue weighted by Crippen LogP contribution is -2.14. The lowest BCUT2D eigenvalue weighted by Gasteiger charge is -2.15. The summed E-state index contributed by atoms with van der Waals surface area (Å²) in [5, 5.41) is 3.49. The van der Waals surface area contributed by atoms with E-state index in [0.29, 0.717) is 11.6 Å². The number of rotatable bonds is 11. The smallest absolute Gasteiger partial charge is 0.111 e. The third kappa shape index (κ3) is 5.77. The second-order valence-corrected chi connectivity index (χ2v) is 9.34. The molecule has 3 N–H and O–H groups in total. The van der Waals surface area contributed by atoms with Crippen LogP contribution < -0.4 is 11.1 Å². The van der Waals surface area contributed by atoms with Crippen molar-refractivity contribution in [1.82, 2.24) is 14.9 Å². The van der Waals surface area contributed by atoms with E-state index in [0.717, 1.165) is 54.1 Å². The summed E-state index contributed by atoms with van der Waals surface area (Å²) in [6.45, 7) is 14.3. The van der Waals surface area contributed by atoms with Gasteiger partial charge in [-0.1, -0.05) is 98.9 Å². The van der Waals surface area contributed by atoms with E-state index in [1.165, 1.54) is 16.7 Å². The second-order valence-electron chi connectivity index (χ2n) is 9.34. The Balaban J connectivity index is 1.30. The number of unbranched alkanes of at least 4 members (excludes halogenated alkanes) is 1. The van der Waals surface area contributed by atoms with Gasteiger partial charge in [0, 0.05) is 30.3 Å². The normalized spacial score (nSPS) is 11.7. The number of aromatic nitrogens is 2. The van der Waals surface area contributed by atoms with Crippen molar-refractivity contribution in [2.45, 2.75) is 39.2 Å². The van der Waals surface area contributed by atoms with Crippen molar-refractivity contribution in [3.05, 3.63) is 126 Å². The number of nitrogens with zero attached hydrogens (tertiary/aromatic N) is 2. The van der Waals surface area contributed by atoms with Crippen LogP contribution in [-0.2, 0) is 6.54 Å². The summed E-state index contributed by atoms with van der Waals surface area (Å²) in [6, 6.07) is 27.7. The van der Waals surface area contributed by atoms with Crippen molar-refractivity contribution in [3.8, 4) is 11.3 Å². The molecule has 36 heavy (non-hydrogen) atoms. The zero-order valence-corrected chi connectivity index (χ0v) is 21.4. The van der Waals surface area contributed by atoms with E-state index in [2.05, 4.69) is 109 Å². The van der Waals surface area contributed by atoms with E-state index in [1.807, 2.05) is 18.5 Å². The zero-order chi connectivity index (χ0) is 25.5. The lowest BCUT2D eigenvalue weighted by molar-refractivity contribution is 0.603. The Hall–Kier alpha value is -4.05. The van der Waals surface area contributed by atoms with Gasteiger partial charge in [-0.3, -0.25) is 0 Å². The maximum Gasteiger partial charge on any atom is 0.111 e. The van der Waals surface area contributed by atoms with E-state index in [1.54, 1.807) is 0 Å². The molecule has 3 aromatic carbocycles. The Labute approximate surface area is 215 Å². The lowest BCUT2D eigenvalue weighted by atomic mass is 9.92. The summed E-state index contributed by atoms with van der Waals surface area (Å²) in [7, 11) is 0. The number of hydrogen-bond acceptors (Lipinski definition) is 3. The Bertz CT molecular complexity index is 1320. The number of benzene rings is 3. The summed E-state index contributed by atoms with van der Waals surface area (Å²) in [5.74, 6) is 0.367. The predicted molar refractivity (Wildman–Crippen MR) is 152 cm³/mol. The van der Waals surface area contributed by atoms with E-state index in [9.17, 15) is 0 Å². The van der Waals surface area contributed by atoms with Crippen molar-refractivity contribution in [2.24, 2.45) is 5.73 Å². The van der Waals surface area contributed by atoms with Crippen molar-refractivity contribution in [3.63, 3.8) is 0 Å². The monoisotopic (exact) mass is 476 g/mol. The molecule has 0 saturated carbocycles. The standard InChI is InChI=1S/C32H36N4/c1-23-12-8-9-15-30(23)32-31(25(3)33)35-22-36(32)21-11-10-20-34-26(4)29-18-16-28(17-19-29)24(2)27-13-6-5-7-14-27/h5-9,12-19,22,24,34H,3-4,10-11,20-21,33H2,1-2H3. The van der Waals surface area contributed by atoms with Gasteiger partial charge in [-0.15, -0.1) is 0 Å². The van der Waals surface area contributed by atoms with Gasteiger partial charge >= 0.3 is 0 Å². The summed E-state index contributed by atoms with van der Waals surface area (Å²) in [4.78, 5) is 4.55. The Morgan fingerprint density at radius 2 is 1.58 bits per heavy atom. The maximum atomic E-state index is 6.05. The molecule has 0 saturated heterocycles. The van der Waals surface area contributed by atoms with Crippen LogP contribution in [0.4, 0.5) is 0 Å². The van der Waals surface area contributed by atoms with Crippen LogP contribution in [0.1, 0.15) is 53.6 Å². The largest absolute Gasteiger partial charge is 0.397 e. The molecule has 0 radical (unpaired) electrons. The molecule has 4 aromatic rings. The Kier molecular flexibility index (Phi) is 8.06. The molecule has 1 atom stereocenters. The third-order valence-corrected chi connectivity index (χ3v) is 6.76. The fourth-order valence-electron chi connectivity index (χ4n) is 4.56. The minimum Gasteiger partial charge on any atom is -0.397 e. The molecular formula is C32H36N4. The van der Waals surface area contributed by atoms with Gasteiger partial charge in [-0.05, 0) is 42.0 Å². The van der Waals surface area contributed by atoms with Crippen molar-refractivity contribution >= 4 is 11.4 Å². The van der Waals surface area contributed by atoms with Crippen LogP contribution >= 0.6 is 0 Å². The minimum atomic E-state index is 0.367. The molecule has 4 rings (SSSR count). The van der Waals surface area contributed by atoms with Gasteiger partial charge in [0.1, 0.15) is 5.69 Å². The molecular weight excluding hydrogens is 440 g/mol. The summed E-state index contributed by atoms with van der Waals surface area (Å²) in [6.07, 6.45) is 3.91. The molecule has 0 aliphatic carbocycles. The van der Waals surface area contributed by atoms with Gasteiger partial charge in [-0.2, -0.15) is 0 Å². The summed E-state index contributed by atoms with van der Waals surface area (Å²) >= 11 is 0. The quantitative estimate of drug-likeness (QED) is 0.230. The van der Waals surface area contributed by atoms with Crippen LogP contribution in [0.5, 0.6) is 0 Å². The molecule has 184 valence electrons. The van der Waals surface area contributed by atoms with E-state index < -0.39 is 0 Å². The molecule has 1 aromatic heterocycles. The summed E-state index contributed by atoms with van der Waals surface area (Å²) in [5.41, 5.74) is 15.4. The first-order valence-electron chi connectivity index (χ1n) is 12.6. The number of hydrogen-bond donors (Lipinski definition) is 2. The molecule has 0 amide bonds. The number of aryl methyl sites for hydroxylation is 2. The first-order valence-corrected chi connectivity index (χ1v) is 12.6. The number of imidazole rings is 1. The summed E-state index contributed by atoms with van der Waals surface area (Å²) < 4.78 is 2.19. The first kappa shape index (κ1) is 25.1. The van der Waals surface area contributed by atoms with Crippen molar-refractivity contribution in [2.75, 3.05) is 6.54 Å². The topological polar surface area (TPSA) is 55.9 Å². The van der Waals surface area contributed by atoms with E-state index in [4.69, 9.17) is 5.73 Å². The van der Waals surface area contributed by atoms with E-state index in [-0.39, 0.29) is 0 Å². The zero-order valence-electron chi connectivity index (χ0n) is 21.4. The fraction of sp³-hybridized carbons (Fsp3) is 0.219. The SMILES string of the molecule is C=C(NCCCCn1cnc(C(=C)N)c1-c1ccccc1C)c1ccc(C(C)c2ccccc2)cc1. The Morgan fingerprint density at radius 1 is 0.917 bits per heavy atom. The van der Waals surface area contributed by atoms with Crippen LogP contribution in [0, 0.1) is 6.92 Å². The van der Waals surface area contributed by atoms with Gasteiger partial charge in [-0.25, -0.2) is 4.98 Å². The van der Waals surface area contributed by atoms with Crippen LogP contribution in [-0.4, -0.2) is 16.1 Å². The highest BCUT2D eigenvalue weighted by Crippen LogP contribution is 2.29. The van der Waals surface area contributed by atoms with Crippen LogP contribution in [0.2, 0.25) is 0 Å². The van der Waals surface area contributed by atoms with Gasteiger partial charge < -0.3 is 15.6 Å². The van der Waals surface area contributed by atoms with Crippen LogP contribution in [0.25, 0.3) is 22.7 Å². The van der Waals surface area contributed by atoms with Gasteiger partial charge in [0.15, 0.2) is 0 Å². The highest BCUT2D eigenvalue weighted by Gasteiger charge is 2.15. The van der Waals surface area contributed by atoms with Gasteiger partial charge in [0.05, 0.1) is 17.7 Å². The predicted octanol–water partition coefficient (Wildman–Crippen LogP) is 6.98. The average molecular weight is 477 g/mol. The molecule has 1 unspecified atom stereocenters. The first-order chi connectivity index (χ1) is 17.5. The number of nitrogens with two attached hydrogens (primary N) is 1. The molecule has 0 aliphatic heterocycles. The van der Waals surface area contributed by atoms with Crippen LogP contribution in [0.15, 0.2) is 98.3 Å². The molecule has 0 bridgehead atoms. The molecule has 0 aliphatic rings. The average Bonchev–Trinajstić information content (AvgIpc) is 3.33. The van der Waals surface area contributed by atoms with Crippen LogP contribution in [0.3, 0.4) is 0 Å². The highest BCUT2D eigenvalue weighted by molar-refractivity contribution is 5.76. The van der Waals surface area contributed by atoms with Gasteiger partial charge in [0.25, 0.3) is 0 Å². The van der Waals surface area contributed by atoms with Gasteiger partial charge in [0.2, 0.25) is 0 Å². The number of nitrogens with one attached hydrogen (secondary N) is 1. The maximum absolute atomic E-state index is 6.05. The second kappa shape index (κ2) is 11.6. The van der Waals surface area contributed by atoms with Crippen molar-refractivity contribution < 1.29 is 0 Å². The third-order valence-electron chi connectivity index (χ3n) is 6.76. The molecule has 1 heterocycles. The molecule has 0 spiro atoms. The molecule has 0 fully saturated rings.